The number of aromatic carboxylic acids is 1. The zero-order chi connectivity index (χ0) is 17.2. The van der Waals surface area contributed by atoms with Gasteiger partial charge >= 0.3 is 5.97 Å². The maximum atomic E-state index is 12.4. The average Bonchev–Trinajstić information content (AvgIpc) is 2.50. The maximum absolute atomic E-state index is 12.4. The number of sulfonamides is 1. The molecule has 0 amide bonds. The van der Waals surface area contributed by atoms with E-state index in [2.05, 4.69) is 4.72 Å². The minimum absolute atomic E-state index is 0.0210. The summed E-state index contributed by atoms with van der Waals surface area (Å²) in [4.78, 5) is 10.8. The van der Waals surface area contributed by atoms with Crippen molar-refractivity contribution in [1.82, 2.24) is 0 Å². The first-order chi connectivity index (χ1) is 10.7. The first kappa shape index (κ1) is 16.8. The van der Waals surface area contributed by atoms with E-state index in [0.29, 0.717) is 11.4 Å². The van der Waals surface area contributed by atoms with Gasteiger partial charge in [0.2, 0.25) is 0 Å². The summed E-state index contributed by atoms with van der Waals surface area (Å²) in [5, 5.41) is 8.86. The molecule has 0 aliphatic heterocycles. The lowest BCUT2D eigenvalue weighted by Gasteiger charge is -2.14. The van der Waals surface area contributed by atoms with Crippen LogP contribution in [0.4, 0.5) is 5.69 Å². The van der Waals surface area contributed by atoms with Gasteiger partial charge in [0.1, 0.15) is 5.75 Å². The molecule has 2 aromatic carbocycles. The Morgan fingerprint density at radius 3 is 2.17 bits per heavy atom. The summed E-state index contributed by atoms with van der Waals surface area (Å²) in [6.07, 6.45) is 0. The fraction of sp³-hybridized carbons (Fsp3) is 0.188. The van der Waals surface area contributed by atoms with Gasteiger partial charge in [-0.25, -0.2) is 13.2 Å². The Balaban J connectivity index is 2.38. The summed E-state index contributed by atoms with van der Waals surface area (Å²) in [6, 6.07) is 8.43. The molecule has 0 atom stereocenters. The summed E-state index contributed by atoms with van der Waals surface area (Å²) in [6.45, 7) is 3.77. The van der Waals surface area contributed by atoms with Crippen molar-refractivity contribution in [2.45, 2.75) is 18.7 Å². The van der Waals surface area contributed by atoms with Gasteiger partial charge in [-0.05, 0) is 61.4 Å². The summed E-state index contributed by atoms with van der Waals surface area (Å²) in [7, 11) is -2.38. The van der Waals surface area contributed by atoms with Crippen LogP contribution in [0.1, 0.15) is 21.5 Å². The lowest BCUT2D eigenvalue weighted by molar-refractivity contribution is 0.0696. The Kier molecular flexibility index (Phi) is 4.60. The molecule has 122 valence electrons. The minimum Gasteiger partial charge on any atom is -0.495 e. The molecule has 0 aromatic heterocycles. The first-order valence-corrected chi connectivity index (χ1v) is 8.24. The number of nitrogens with one attached hydrogen (secondary N) is 1. The largest absolute Gasteiger partial charge is 0.495 e. The quantitative estimate of drug-likeness (QED) is 0.876. The number of rotatable bonds is 5. The predicted molar refractivity (Wildman–Crippen MR) is 86.7 cm³/mol. The number of aryl methyl sites for hydroxylation is 2. The van der Waals surface area contributed by atoms with Crippen molar-refractivity contribution in [2.24, 2.45) is 0 Å². The van der Waals surface area contributed by atoms with Crippen LogP contribution in [-0.4, -0.2) is 26.6 Å². The monoisotopic (exact) mass is 335 g/mol. The second-order valence-electron chi connectivity index (χ2n) is 5.07. The van der Waals surface area contributed by atoms with Crippen LogP contribution in [0.2, 0.25) is 0 Å². The lowest BCUT2D eigenvalue weighted by Crippen LogP contribution is -2.14. The van der Waals surface area contributed by atoms with Crippen molar-refractivity contribution in [3.63, 3.8) is 0 Å². The van der Waals surface area contributed by atoms with Crippen molar-refractivity contribution < 1.29 is 23.1 Å². The van der Waals surface area contributed by atoms with E-state index in [9.17, 15) is 13.2 Å². The number of anilines is 1. The number of carbonyl (C=O) groups is 1. The van der Waals surface area contributed by atoms with Crippen LogP contribution in [-0.2, 0) is 10.0 Å². The Hall–Kier alpha value is -2.54. The van der Waals surface area contributed by atoms with Gasteiger partial charge in [0.25, 0.3) is 10.0 Å². The first-order valence-electron chi connectivity index (χ1n) is 6.76. The molecule has 0 aliphatic carbocycles. The molecule has 0 unspecified atom stereocenters. The van der Waals surface area contributed by atoms with Crippen molar-refractivity contribution in [2.75, 3.05) is 11.8 Å². The summed E-state index contributed by atoms with van der Waals surface area (Å²) >= 11 is 0. The van der Waals surface area contributed by atoms with E-state index in [-0.39, 0.29) is 10.5 Å². The van der Waals surface area contributed by atoms with Gasteiger partial charge in [-0.3, -0.25) is 4.72 Å². The van der Waals surface area contributed by atoms with Gasteiger partial charge in [-0.1, -0.05) is 0 Å². The van der Waals surface area contributed by atoms with E-state index >= 15 is 0 Å². The highest BCUT2D eigenvalue weighted by molar-refractivity contribution is 7.92. The average molecular weight is 335 g/mol. The molecule has 0 aliphatic rings. The van der Waals surface area contributed by atoms with Gasteiger partial charge in [0.05, 0.1) is 23.3 Å². The van der Waals surface area contributed by atoms with Crippen LogP contribution >= 0.6 is 0 Å². The highest BCUT2D eigenvalue weighted by atomic mass is 32.2. The molecule has 2 N–H and O–H groups in total. The fourth-order valence-corrected chi connectivity index (χ4v) is 3.08. The second-order valence-corrected chi connectivity index (χ2v) is 6.75. The van der Waals surface area contributed by atoms with Gasteiger partial charge < -0.3 is 9.84 Å². The van der Waals surface area contributed by atoms with E-state index in [0.717, 1.165) is 11.1 Å². The fourth-order valence-electron chi connectivity index (χ4n) is 2.02. The van der Waals surface area contributed by atoms with Crippen LogP contribution in [0, 0.1) is 13.8 Å². The summed E-state index contributed by atoms with van der Waals surface area (Å²) in [5.74, 6) is -0.698. The molecule has 7 heteroatoms. The molecule has 0 heterocycles. The number of benzene rings is 2. The SMILES string of the molecule is COc1cc(C)c(C)cc1NS(=O)(=O)c1ccc(C(=O)O)cc1. The highest BCUT2D eigenvalue weighted by Crippen LogP contribution is 2.30. The molecule has 0 saturated carbocycles. The molecule has 0 radical (unpaired) electrons. The maximum Gasteiger partial charge on any atom is 0.335 e. The summed E-state index contributed by atoms with van der Waals surface area (Å²) in [5.41, 5.74) is 2.26. The standard InChI is InChI=1S/C16H17NO5S/c1-10-8-14(15(22-3)9-11(10)2)17-23(20,21)13-6-4-12(5-7-13)16(18)19/h4-9,17H,1-3H3,(H,18,19). The van der Waals surface area contributed by atoms with E-state index in [1.54, 1.807) is 12.1 Å². The van der Waals surface area contributed by atoms with Gasteiger partial charge in [-0.15, -0.1) is 0 Å². The second kappa shape index (κ2) is 6.29. The Bertz CT molecular complexity index is 842. The van der Waals surface area contributed by atoms with E-state index in [1.807, 2.05) is 13.8 Å². The van der Waals surface area contributed by atoms with Gasteiger partial charge in [0, 0.05) is 0 Å². The zero-order valence-corrected chi connectivity index (χ0v) is 13.8. The van der Waals surface area contributed by atoms with Crippen molar-refractivity contribution >= 4 is 21.7 Å². The molecule has 0 spiro atoms. The molecule has 0 fully saturated rings. The van der Waals surface area contributed by atoms with Crippen molar-refractivity contribution in [1.29, 1.82) is 0 Å². The Morgan fingerprint density at radius 1 is 1.09 bits per heavy atom. The minimum atomic E-state index is -3.84. The third-order valence-electron chi connectivity index (χ3n) is 3.47. The molecular formula is C16H17NO5S. The normalized spacial score (nSPS) is 11.1. The smallest absolute Gasteiger partial charge is 0.335 e. The Labute approximate surface area is 134 Å². The number of hydrogen-bond donors (Lipinski definition) is 2. The van der Waals surface area contributed by atoms with Gasteiger partial charge in [0.15, 0.2) is 0 Å². The van der Waals surface area contributed by atoms with Gasteiger partial charge in [-0.2, -0.15) is 0 Å². The number of carboxylic acids is 1. The van der Waals surface area contributed by atoms with Crippen LogP contribution in [0.5, 0.6) is 5.75 Å². The van der Waals surface area contributed by atoms with E-state index < -0.39 is 16.0 Å². The van der Waals surface area contributed by atoms with E-state index in [1.165, 1.54) is 31.4 Å². The third-order valence-corrected chi connectivity index (χ3v) is 4.85. The van der Waals surface area contributed by atoms with Crippen molar-refractivity contribution in [3.8, 4) is 5.75 Å². The molecule has 23 heavy (non-hydrogen) atoms. The molecule has 6 nitrogen and oxygen atoms in total. The van der Waals surface area contributed by atoms with Crippen molar-refractivity contribution in [3.05, 3.63) is 53.1 Å². The molecular weight excluding hydrogens is 318 g/mol. The van der Waals surface area contributed by atoms with Crippen LogP contribution < -0.4 is 9.46 Å². The predicted octanol–water partition coefficient (Wildman–Crippen LogP) is 2.81. The molecule has 2 aromatic rings. The zero-order valence-electron chi connectivity index (χ0n) is 13.0. The van der Waals surface area contributed by atoms with E-state index in [4.69, 9.17) is 9.84 Å². The molecule has 0 saturated heterocycles. The third kappa shape index (κ3) is 3.62. The van der Waals surface area contributed by atoms with Crippen LogP contribution in [0.15, 0.2) is 41.3 Å². The number of carboxylic acid groups (broad SMARTS) is 1. The highest BCUT2D eigenvalue weighted by Gasteiger charge is 2.18. The molecule has 2 rings (SSSR count). The number of ether oxygens (including phenoxy) is 1. The lowest BCUT2D eigenvalue weighted by atomic mass is 10.1. The number of methoxy groups -OCH3 is 1. The Morgan fingerprint density at radius 2 is 1.65 bits per heavy atom. The topological polar surface area (TPSA) is 92.7 Å². The van der Waals surface area contributed by atoms with Crippen LogP contribution in [0.25, 0.3) is 0 Å². The summed E-state index contributed by atoms with van der Waals surface area (Å²) < 4.78 is 32.5. The number of hydrogen-bond acceptors (Lipinski definition) is 4. The molecule has 0 bridgehead atoms. The van der Waals surface area contributed by atoms with Crippen LogP contribution in [0.3, 0.4) is 0 Å².